The lowest BCUT2D eigenvalue weighted by molar-refractivity contribution is 0.528. The molecule has 0 fully saturated rings. The van der Waals surface area contributed by atoms with Crippen molar-refractivity contribution >= 4 is 23.5 Å². The third-order valence-corrected chi connectivity index (χ3v) is 6.74. The van der Waals surface area contributed by atoms with Crippen molar-refractivity contribution < 1.29 is 8.83 Å². The molecule has 0 saturated heterocycles. The summed E-state index contributed by atoms with van der Waals surface area (Å²) in [5.41, 5.74) is 5.04. The third-order valence-electron chi connectivity index (χ3n) is 5.01. The van der Waals surface area contributed by atoms with Gasteiger partial charge in [-0.25, -0.2) is 9.97 Å². The second-order valence-corrected chi connectivity index (χ2v) is 9.88. The fourth-order valence-corrected chi connectivity index (χ4v) is 4.75. The Morgan fingerprint density at radius 1 is 0.629 bits per heavy atom. The van der Waals surface area contributed by atoms with Gasteiger partial charge < -0.3 is 8.83 Å². The number of aromatic nitrogens is 6. The van der Waals surface area contributed by atoms with Crippen molar-refractivity contribution in [2.75, 3.05) is 0 Å². The van der Waals surface area contributed by atoms with Crippen molar-refractivity contribution in [1.82, 2.24) is 30.4 Å². The van der Waals surface area contributed by atoms with Crippen LogP contribution < -0.4 is 0 Å². The monoisotopic (exact) mass is 502 g/mol. The molecule has 0 N–H and O–H groups in total. The Morgan fingerprint density at radius 3 is 1.69 bits per heavy atom. The van der Waals surface area contributed by atoms with E-state index in [4.69, 9.17) is 8.83 Å². The van der Waals surface area contributed by atoms with Crippen molar-refractivity contribution in [3.05, 3.63) is 83.2 Å². The van der Waals surface area contributed by atoms with Crippen LogP contribution >= 0.6 is 23.5 Å². The average Bonchev–Trinajstić information content (AvgIpc) is 3.52. The van der Waals surface area contributed by atoms with Crippen LogP contribution in [0.2, 0.25) is 0 Å². The van der Waals surface area contributed by atoms with Gasteiger partial charge in [0.15, 0.2) is 5.16 Å². The number of hydrogen-bond acceptors (Lipinski definition) is 10. The minimum absolute atomic E-state index is 0.482. The first-order valence-electron chi connectivity index (χ1n) is 10.9. The molecular weight excluding hydrogens is 480 g/mol. The number of aryl methyl sites for hydroxylation is 3. The van der Waals surface area contributed by atoms with E-state index in [1.54, 1.807) is 0 Å². The molecular formula is C25H22N6O2S2. The summed E-state index contributed by atoms with van der Waals surface area (Å²) in [4.78, 5) is 9.17. The molecule has 3 heterocycles. The summed E-state index contributed by atoms with van der Waals surface area (Å²) in [7, 11) is 0. The number of benzene rings is 2. The summed E-state index contributed by atoms with van der Waals surface area (Å²) >= 11 is 2.98. The molecule has 0 aliphatic rings. The van der Waals surface area contributed by atoms with Crippen LogP contribution in [0.4, 0.5) is 0 Å². The molecule has 3 aromatic heterocycles. The zero-order chi connectivity index (χ0) is 24.2. The highest BCUT2D eigenvalue weighted by atomic mass is 32.2. The molecule has 0 radical (unpaired) electrons. The largest absolute Gasteiger partial charge is 0.420 e. The van der Waals surface area contributed by atoms with Gasteiger partial charge in [0, 0.05) is 16.8 Å². The van der Waals surface area contributed by atoms with Crippen LogP contribution in [0.3, 0.4) is 0 Å². The van der Waals surface area contributed by atoms with E-state index in [1.165, 1.54) is 34.7 Å². The summed E-state index contributed by atoms with van der Waals surface area (Å²) in [6, 6.07) is 17.9. The summed E-state index contributed by atoms with van der Waals surface area (Å²) in [6.45, 7) is 6.03. The molecule has 0 aliphatic heterocycles. The Labute approximate surface area is 211 Å². The Hall–Kier alpha value is -3.50. The first kappa shape index (κ1) is 23.3. The van der Waals surface area contributed by atoms with Crippen LogP contribution in [0.25, 0.3) is 22.9 Å². The SMILES string of the molecule is Cc1ccc(-c2nnc(CSc3cc(C)nc(SCc4nnc(-c5ccc(C)cc5)o4)n3)o2)cc1. The highest BCUT2D eigenvalue weighted by Gasteiger charge is 2.13. The topological polar surface area (TPSA) is 104 Å². The smallest absolute Gasteiger partial charge is 0.247 e. The Balaban J connectivity index is 1.20. The van der Waals surface area contributed by atoms with Gasteiger partial charge >= 0.3 is 0 Å². The Bertz CT molecular complexity index is 1330. The second-order valence-electron chi connectivity index (χ2n) is 7.94. The Morgan fingerprint density at radius 2 is 1.14 bits per heavy atom. The van der Waals surface area contributed by atoms with Crippen molar-refractivity contribution in [2.24, 2.45) is 0 Å². The van der Waals surface area contributed by atoms with Crippen LogP contribution in [-0.2, 0) is 11.5 Å². The van der Waals surface area contributed by atoms with Gasteiger partial charge in [-0.2, -0.15) is 0 Å². The van der Waals surface area contributed by atoms with Gasteiger partial charge in [0.1, 0.15) is 5.03 Å². The zero-order valence-electron chi connectivity index (χ0n) is 19.4. The van der Waals surface area contributed by atoms with Gasteiger partial charge in [0.2, 0.25) is 23.6 Å². The minimum atomic E-state index is 0.482. The van der Waals surface area contributed by atoms with Gasteiger partial charge in [0.25, 0.3) is 0 Å². The van der Waals surface area contributed by atoms with E-state index in [9.17, 15) is 0 Å². The van der Waals surface area contributed by atoms with Crippen molar-refractivity contribution in [3.63, 3.8) is 0 Å². The maximum Gasteiger partial charge on any atom is 0.247 e. The molecule has 5 rings (SSSR count). The summed E-state index contributed by atoms with van der Waals surface area (Å²) < 4.78 is 11.6. The molecule has 0 bridgehead atoms. The van der Waals surface area contributed by atoms with Crippen LogP contribution in [-0.4, -0.2) is 30.4 Å². The number of nitrogens with zero attached hydrogens (tertiary/aromatic N) is 6. The Kier molecular flexibility index (Phi) is 6.91. The van der Waals surface area contributed by atoms with Gasteiger partial charge in [-0.1, -0.05) is 58.9 Å². The summed E-state index contributed by atoms with van der Waals surface area (Å²) in [6.07, 6.45) is 0. The summed E-state index contributed by atoms with van der Waals surface area (Å²) in [5.74, 6) is 3.09. The molecule has 0 spiro atoms. The van der Waals surface area contributed by atoms with Crippen molar-refractivity contribution in [3.8, 4) is 22.9 Å². The molecule has 2 aromatic carbocycles. The highest BCUT2D eigenvalue weighted by Crippen LogP contribution is 2.27. The van der Waals surface area contributed by atoms with Gasteiger partial charge in [0.05, 0.1) is 11.5 Å². The van der Waals surface area contributed by atoms with Gasteiger partial charge in [-0.15, -0.1) is 20.4 Å². The average molecular weight is 503 g/mol. The molecule has 10 heteroatoms. The quantitative estimate of drug-likeness (QED) is 0.141. The lowest BCUT2D eigenvalue weighted by Crippen LogP contribution is -1.94. The summed E-state index contributed by atoms with van der Waals surface area (Å²) in [5, 5.41) is 18.1. The van der Waals surface area contributed by atoms with E-state index < -0.39 is 0 Å². The maximum absolute atomic E-state index is 5.82. The normalized spacial score (nSPS) is 11.2. The maximum atomic E-state index is 5.82. The van der Waals surface area contributed by atoms with E-state index in [2.05, 4.69) is 30.4 Å². The van der Waals surface area contributed by atoms with Crippen LogP contribution in [0.5, 0.6) is 0 Å². The van der Waals surface area contributed by atoms with Crippen LogP contribution in [0.15, 0.2) is 73.6 Å². The molecule has 8 nitrogen and oxygen atoms in total. The first-order chi connectivity index (χ1) is 17.0. The number of thioether (sulfide) groups is 2. The number of rotatable bonds is 8. The fraction of sp³-hybridized carbons (Fsp3) is 0.200. The van der Waals surface area contributed by atoms with Gasteiger partial charge in [-0.3, -0.25) is 0 Å². The lowest BCUT2D eigenvalue weighted by Gasteiger charge is -2.03. The fourth-order valence-electron chi connectivity index (χ4n) is 3.16. The molecule has 5 aromatic rings. The van der Waals surface area contributed by atoms with Crippen LogP contribution in [0.1, 0.15) is 28.6 Å². The molecule has 0 unspecified atom stereocenters. The van der Waals surface area contributed by atoms with Crippen LogP contribution in [0, 0.1) is 20.8 Å². The third kappa shape index (κ3) is 5.95. The van der Waals surface area contributed by atoms with E-state index in [1.807, 2.05) is 75.4 Å². The molecule has 0 amide bonds. The van der Waals surface area contributed by atoms with Gasteiger partial charge in [-0.05, 0) is 51.1 Å². The molecule has 176 valence electrons. The van der Waals surface area contributed by atoms with E-state index in [0.29, 0.717) is 40.2 Å². The molecule has 0 atom stereocenters. The lowest BCUT2D eigenvalue weighted by atomic mass is 10.1. The second kappa shape index (κ2) is 10.4. The predicted molar refractivity (Wildman–Crippen MR) is 135 cm³/mol. The number of hydrogen-bond donors (Lipinski definition) is 0. The van der Waals surface area contributed by atoms with Crippen molar-refractivity contribution in [2.45, 2.75) is 42.5 Å². The predicted octanol–water partition coefficient (Wildman–Crippen LogP) is 6.09. The molecule has 0 aliphatic carbocycles. The van der Waals surface area contributed by atoms with E-state index >= 15 is 0 Å². The van der Waals surface area contributed by atoms with E-state index in [-0.39, 0.29) is 0 Å². The van der Waals surface area contributed by atoms with Crippen molar-refractivity contribution in [1.29, 1.82) is 0 Å². The minimum Gasteiger partial charge on any atom is -0.420 e. The first-order valence-corrected chi connectivity index (χ1v) is 12.9. The van der Waals surface area contributed by atoms with E-state index in [0.717, 1.165) is 21.8 Å². The zero-order valence-corrected chi connectivity index (χ0v) is 21.1. The molecule has 35 heavy (non-hydrogen) atoms. The standard InChI is InChI=1S/C25H22N6O2S2/c1-15-4-8-18(9-5-15)23-30-28-20(32-23)13-34-22-12-17(3)26-25(27-22)35-14-21-29-31-24(33-21)19-10-6-16(2)7-11-19/h4-12H,13-14H2,1-3H3. The molecule has 0 saturated carbocycles. The highest BCUT2D eigenvalue weighted by molar-refractivity contribution is 7.99.